The fourth-order valence-corrected chi connectivity index (χ4v) is 3.41. The van der Waals surface area contributed by atoms with Crippen LogP contribution in [0.3, 0.4) is 0 Å². The number of carbonyl (C=O) groups excluding carboxylic acids is 1. The first-order valence-electron chi connectivity index (χ1n) is 7.08. The van der Waals surface area contributed by atoms with Crippen LogP contribution in [0.25, 0.3) is 0 Å². The van der Waals surface area contributed by atoms with Crippen LogP contribution in [0.5, 0.6) is 0 Å². The van der Waals surface area contributed by atoms with E-state index in [0.29, 0.717) is 5.75 Å². The molecule has 6 heteroatoms. The quantitative estimate of drug-likeness (QED) is 0.847. The molecule has 0 aliphatic carbocycles. The zero-order valence-corrected chi connectivity index (χ0v) is 12.6. The van der Waals surface area contributed by atoms with Crippen molar-refractivity contribution in [1.82, 2.24) is 19.9 Å². The number of thioether (sulfide) groups is 1. The lowest BCUT2D eigenvalue weighted by Gasteiger charge is -2.16. The Bertz CT molecular complexity index is 573. The zero-order chi connectivity index (χ0) is 14.5. The number of likely N-dealkylation sites (tertiary alicyclic amines) is 1. The number of carbonyl (C=O) groups is 1. The maximum absolute atomic E-state index is 12.2. The van der Waals surface area contributed by atoms with Crippen LogP contribution in [0.1, 0.15) is 18.0 Å². The zero-order valence-electron chi connectivity index (χ0n) is 11.8. The summed E-state index contributed by atoms with van der Waals surface area (Å²) in [6.07, 6.45) is 4.50. The van der Waals surface area contributed by atoms with Crippen molar-refractivity contribution in [2.45, 2.75) is 18.2 Å². The van der Waals surface area contributed by atoms with Gasteiger partial charge in [0.25, 0.3) is 0 Å². The van der Waals surface area contributed by atoms with Crippen molar-refractivity contribution < 1.29 is 4.79 Å². The van der Waals surface area contributed by atoms with Crippen molar-refractivity contribution in [2.24, 2.45) is 0 Å². The number of hydrogen-bond acceptors (Lipinski definition) is 4. The van der Waals surface area contributed by atoms with E-state index < -0.39 is 0 Å². The van der Waals surface area contributed by atoms with Crippen LogP contribution in [-0.4, -0.2) is 44.6 Å². The van der Waals surface area contributed by atoms with Crippen LogP contribution >= 0.6 is 11.8 Å². The van der Waals surface area contributed by atoms with Gasteiger partial charge in [-0.15, -0.1) is 16.9 Å². The Morgan fingerprint density at radius 3 is 2.95 bits per heavy atom. The molecule has 0 spiro atoms. The van der Waals surface area contributed by atoms with Crippen LogP contribution in [-0.2, 0) is 10.5 Å². The second kappa shape index (κ2) is 6.76. The average Bonchev–Trinajstić information content (AvgIpc) is 3.19. The Morgan fingerprint density at radius 2 is 2.19 bits per heavy atom. The van der Waals surface area contributed by atoms with Crippen molar-refractivity contribution in [3.05, 3.63) is 48.3 Å². The van der Waals surface area contributed by atoms with Crippen LogP contribution in [0.2, 0.25) is 0 Å². The lowest BCUT2D eigenvalue weighted by Crippen LogP contribution is -2.30. The molecule has 1 fully saturated rings. The molecule has 0 radical (unpaired) electrons. The number of hydrogen-bond donors (Lipinski definition) is 0. The molecule has 1 aliphatic rings. The lowest BCUT2D eigenvalue weighted by atomic mass is 10.2. The SMILES string of the molecule is O=C(CSCc1ccccc1)N1CCC(n2ccnn2)C1. The Labute approximate surface area is 128 Å². The number of rotatable bonds is 5. The van der Waals surface area contributed by atoms with Gasteiger partial charge in [-0.2, -0.15) is 0 Å². The third kappa shape index (κ3) is 3.64. The van der Waals surface area contributed by atoms with Crippen LogP contribution < -0.4 is 0 Å². The molecule has 1 aromatic heterocycles. The summed E-state index contributed by atoms with van der Waals surface area (Å²) in [6, 6.07) is 10.5. The molecule has 21 heavy (non-hydrogen) atoms. The summed E-state index contributed by atoms with van der Waals surface area (Å²) in [5, 5.41) is 7.84. The first-order valence-corrected chi connectivity index (χ1v) is 8.23. The third-order valence-electron chi connectivity index (χ3n) is 3.67. The summed E-state index contributed by atoms with van der Waals surface area (Å²) in [5.74, 6) is 1.64. The third-order valence-corrected chi connectivity index (χ3v) is 4.66. The highest BCUT2D eigenvalue weighted by molar-refractivity contribution is 7.99. The standard InChI is InChI=1S/C15H18N4OS/c20-15(12-21-11-13-4-2-1-3-5-13)18-8-6-14(10-18)19-9-7-16-17-19/h1-5,7,9,14H,6,8,10-12H2. The van der Waals surface area contributed by atoms with Gasteiger partial charge in [-0.3, -0.25) is 4.79 Å². The van der Waals surface area contributed by atoms with Crippen molar-refractivity contribution in [3.63, 3.8) is 0 Å². The summed E-state index contributed by atoms with van der Waals surface area (Å²) in [5.41, 5.74) is 1.26. The maximum Gasteiger partial charge on any atom is 0.232 e. The van der Waals surface area contributed by atoms with Gasteiger partial charge in [0.15, 0.2) is 0 Å². The predicted molar refractivity (Wildman–Crippen MR) is 82.9 cm³/mol. The van der Waals surface area contributed by atoms with Crippen LogP contribution in [0, 0.1) is 0 Å². The van der Waals surface area contributed by atoms with Gasteiger partial charge < -0.3 is 4.90 Å². The summed E-state index contributed by atoms with van der Waals surface area (Å²) in [7, 11) is 0. The van der Waals surface area contributed by atoms with Gasteiger partial charge in [0.05, 0.1) is 18.0 Å². The van der Waals surface area contributed by atoms with E-state index in [1.165, 1.54) is 5.56 Å². The highest BCUT2D eigenvalue weighted by Gasteiger charge is 2.27. The smallest absolute Gasteiger partial charge is 0.232 e. The van der Waals surface area contributed by atoms with Gasteiger partial charge in [0.2, 0.25) is 5.91 Å². The van der Waals surface area contributed by atoms with E-state index in [0.717, 1.165) is 25.3 Å². The normalized spacial score (nSPS) is 18.1. The van der Waals surface area contributed by atoms with E-state index in [1.807, 2.05) is 34.0 Å². The summed E-state index contributed by atoms with van der Waals surface area (Å²) < 4.78 is 1.85. The topological polar surface area (TPSA) is 51.0 Å². The molecule has 1 saturated heterocycles. The minimum Gasteiger partial charge on any atom is -0.340 e. The van der Waals surface area contributed by atoms with E-state index in [4.69, 9.17) is 0 Å². The molecule has 110 valence electrons. The van der Waals surface area contributed by atoms with Gasteiger partial charge in [0, 0.05) is 25.0 Å². The fraction of sp³-hybridized carbons (Fsp3) is 0.400. The van der Waals surface area contributed by atoms with Gasteiger partial charge >= 0.3 is 0 Å². The Hall–Kier alpha value is -1.82. The molecule has 1 unspecified atom stereocenters. The molecule has 3 rings (SSSR count). The number of aromatic nitrogens is 3. The van der Waals surface area contributed by atoms with E-state index in [2.05, 4.69) is 22.4 Å². The minimum absolute atomic E-state index is 0.221. The first kappa shape index (κ1) is 14.1. The molecule has 0 N–H and O–H groups in total. The lowest BCUT2D eigenvalue weighted by molar-refractivity contribution is -0.127. The van der Waals surface area contributed by atoms with E-state index >= 15 is 0 Å². The van der Waals surface area contributed by atoms with Gasteiger partial charge in [-0.05, 0) is 12.0 Å². The van der Waals surface area contributed by atoms with Crippen molar-refractivity contribution >= 4 is 17.7 Å². The molecule has 2 aromatic rings. The predicted octanol–water partition coefficient (Wildman–Crippen LogP) is 1.98. The fourth-order valence-electron chi connectivity index (χ4n) is 2.52. The molecular formula is C15H18N4OS. The molecule has 1 amide bonds. The average molecular weight is 302 g/mol. The summed E-state index contributed by atoms with van der Waals surface area (Å²) in [6.45, 7) is 1.56. The Morgan fingerprint density at radius 1 is 1.33 bits per heavy atom. The molecule has 0 saturated carbocycles. The maximum atomic E-state index is 12.2. The monoisotopic (exact) mass is 302 g/mol. The summed E-state index contributed by atoms with van der Waals surface area (Å²) in [4.78, 5) is 14.1. The van der Waals surface area contributed by atoms with Crippen LogP contribution in [0.15, 0.2) is 42.7 Å². The van der Waals surface area contributed by atoms with E-state index in [9.17, 15) is 4.79 Å². The highest BCUT2D eigenvalue weighted by Crippen LogP contribution is 2.21. The number of nitrogens with zero attached hydrogens (tertiary/aromatic N) is 4. The van der Waals surface area contributed by atoms with Gasteiger partial charge in [0.1, 0.15) is 0 Å². The molecule has 1 aromatic carbocycles. The van der Waals surface area contributed by atoms with Crippen LogP contribution in [0.4, 0.5) is 0 Å². The Balaban J connectivity index is 1.44. The van der Waals surface area contributed by atoms with E-state index in [-0.39, 0.29) is 11.9 Å². The highest BCUT2D eigenvalue weighted by atomic mass is 32.2. The second-order valence-corrected chi connectivity index (χ2v) is 6.13. The largest absolute Gasteiger partial charge is 0.340 e. The Kier molecular flexibility index (Phi) is 4.55. The molecule has 0 bridgehead atoms. The summed E-state index contributed by atoms with van der Waals surface area (Å²) >= 11 is 1.67. The first-order chi connectivity index (χ1) is 10.3. The molecule has 1 aliphatic heterocycles. The number of amides is 1. The molecule has 1 atom stereocenters. The molecule has 2 heterocycles. The van der Waals surface area contributed by atoms with Crippen molar-refractivity contribution in [1.29, 1.82) is 0 Å². The van der Waals surface area contributed by atoms with Gasteiger partial charge in [-0.25, -0.2) is 4.68 Å². The van der Waals surface area contributed by atoms with E-state index in [1.54, 1.807) is 18.0 Å². The van der Waals surface area contributed by atoms with Gasteiger partial charge in [-0.1, -0.05) is 35.5 Å². The molecule has 5 nitrogen and oxygen atoms in total. The minimum atomic E-state index is 0.221. The second-order valence-electron chi connectivity index (χ2n) is 5.14. The molecular weight excluding hydrogens is 284 g/mol. The van der Waals surface area contributed by atoms with Crippen molar-refractivity contribution in [3.8, 4) is 0 Å². The number of benzene rings is 1. The van der Waals surface area contributed by atoms with Crippen molar-refractivity contribution in [2.75, 3.05) is 18.8 Å².